The van der Waals surface area contributed by atoms with E-state index in [9.17, 15) is 13.6 Å². The van der Waals surface area contributed by atoms with E-state index >= 15 is 0 Å². The molecule has 0 aliphatic heterocycles. The molecule has 0 spiro atoms. The van der Waals surface area contributed by atoms with Crippen LogP contribution >= 0.6 is 0 Å². The van der Waals surface area contributed by atoms with Crippen LogP contribution in [0, 0.1) is 0 Å². The van der Waals surface area contributed by atoms with Gasteiger partial charge in [-0.1, -0.05) is 13.0 Å². The third-order valence-electron chi connectivity index (χ3n) is 2.25. The van der Waals surface area contributed by atoms with Gasteiger partial charge in [0.1, 0.15) is 0 Å². The highest BCUT2D eigenvalue weighted by Gasteiger charge is 2.11. The summed E-state index contributed by atoms with van der Waals surface area (Å²) in [7, 11) is 1.36. The van der Waals surface area contributed by atoms with E-state index in [2.05, 4.69) is 10.1 Å². The molecule has 1 N–H and O–H groups in total. The van der Waals surface area contributed by atoms with Gasteiger partial charge in [-0.05, 0) is 17.7 Å². The maximum atomic E-state index is 12.1. The lowest BCUT2D eigenvalue weighted by Gasteiger charge is -2.11. The number of amides is 1. The molecule has 6 heteroatoms. The van der Waals surface area contributed by atoms with Crippen molar-refractivity contribution in [2.45, 2.75) is 26.5 Å². The fraction of sp³-hybridized carbons (Fsp3) is 0.417. The molecule has 0 radical (unpaired) electrons. The van der Waals surface area contributed by atoms with Crippen LogP contribution in [0.4, 0.5) is 8.78 Å². The van der Waals surface area contributed by atoms with Crippen LogP contribution in [0.15, 0.2) is 18.2 Å². The van der Waals surface area contributed by atoms with Gasteiger partial charge in [-0.2, -0.15) is 8.78 Å². The first-order valence-corrected chi connectivity index (χ1v) is 5.45. The molecule has 0 aromatic heterocycles. The number of carbonyl (C=O) groups is 1. The van der Waals surface area contributed by atoms with E-state index in [1.54, 1.807) is 19.1 Å². The topological polar surface area (TPSA) is 47.6 Å². The normalized spacial score (nSPS) is 10.3. The number of ether oxygens (including phenoxy) is 2. The quantitative estimate of drug-likeness (QED) is 0.852. The first kappa shape index (κ1) is 14.2. The molecule has 0 saturated heterocycles. The van der Waals surface area contributed by atoms with Crippen molar-refractivity contribution in [3.8, 4) is 11.5 Å². The number of halogens is 2. The zero-order chi connectivity index (χ0) is 13.5. The second-order valence-electron chi connectivity index (χ2n) is 3.49. The standard InChI is InChI=1S/C12H15F2NO3/c1-3-11(16)15-7-8-4-5-9(18-12(13)14)10(6-8)17-2/h4-6,12H,3,7H2,1-2H3,(H,15,16). The second-order valence-corrected chi connectivity index (χ2v) is 3.49. The van der Waals surface area contributed by atoms with Crippen molar-refractivity contribution in [3.05, 3.63) is 23.8 Å². The van der Waals surface area contributed by atoms with Gasteiger partial charge in [-0.25, -0.2) is 0 Å². The Morgan fingerprint density at radius 3 is 2.67 bits per heavy atom. The number of carbonyl (C=O) groups excluding carboxylic acids is 1. The molecule has 18 heavy (non-hydrogen) atoms. The van der Waals surface area contributed by atoms with Gasteiger partial charge >= 0.3 is 6.61 Å². The zero-order valence-corrected chi connectivity index (χ0v) is 10.2. The Kier molecular flexibility index (Phi) is 5.35. The van der Waals surface area contributed by atoms with E-state index in [1.807, 2.05) is 0 Å². The van der Waals surface area contributed by atoms with Gasteiger partial charge in [0.05, 0.1) is 7.11 Å². The van der Waals surface area contributed by atoms with Crippen molar-refractivity contribution in [2.75, 3.05) is 7.11 Å². The molecule has 1 rings (SSSR count). The lowest BCUT2D eigenvalue weighted by Crippen LogP contribution is -2.21. The van der Waals surface area contributed by atoms with Crippen molar-refractivity contribution in [1.29, 1.82) is 0 Å². The highest BCUT2D eigenvalue weighted by atomic mass is 19.3. The number of hydrogen-bond donors (Lipinski definition) is 1. The van der Waals surface area contributed by atoms with E-state index in [1.165, 1.54) is 13.2 Å². The van der Waals surface area contributed by atoms with Crippen LogP contribution in [0.5, 0.6) is 11.5 Å². The molecule has 4 nitrogen and oxygen atoms in total. The number of alkyl halides is 2. The largest absolute Gasteiger partial charge is 0.493 e. The first-order chi connectivity index (χ1) is 8.56. The van der Waals surface area contributed by atoms with Gasteiger partial charge in [0, 0.05) is 13.0 Å². The predicted molar refractivity (Wildman–Crippen MR) is 61.8 cm³/mol. The van der Waals surface area contributed by atoms with Crippen LogP contribution in [0.25, 0.3) is 0 Å². The molecule has 1 amide bonds. The third kappa shape index (κ3) is 4.20. The monoisotopic (exact) mass is 259 g/mol. The highest BCUT2D eigenvalue weighted by Crippen LogP contribution is 2.29. The van der Waals surface area contributed by atoms with E-state index in [-0.39, 0.29) is 17.4 Å². The van der Waals surface area contributed by atoms with Crippen molar-refractivity contribution in [1.82, 2.24) is 5.32 Å². The van der Waals surface area contributed by atoms with Gasteiger partial charge < -0.3 is 14.8 Å². The molecule has 100 valence electrons. The van der Waals surface area contributed by atoms with E-state index in [0.29, 0.717) is 13.0 Å². The van der Waals surface area contributed by atoms with Crippen molar-refractivity contribution in [3.63, 3.8) is 0 Å². The Labute approximate surface area is 104 Å². The number of hydrogen-bond acceptors (Lipinski definition) is 3. The molecule has 0 saturated carbocycles. The van der Waals surface area contributed by atoms with Crippen molar-refractivity contribution < 1.29 is 23.0 Å². The summed E-state index contributed by atoms with van der Waals surface area (Å²) in [6.07, 6.45) is 0.393. The molecule has 0 fully saturated rings. The molecule has 0 atom stereocenters. The number of benzene rings is 1. The van der Waals surface area contributed by atoms with Gasteiger partial charge in [0.2, 0.25) is 5.91 Å². The van der Waals surface area contributed by atoms with Crippen LogP contribution in [0.2, 0.25) is 0 Å². The average Bonchev–Trinajstić information content (AvgIpc) is 2.36. The molecule has 0 bridgehead atoms. The molecule has 1 aromatic carbocycles. The molecular weight excluding hydrogens is 244 g/mol. The Morgan fingerprint density at radius 1 is 1.39 bits per heavy atom. The smallest absolute Gasteiger partial charge is 0.387 e. The van der Waals surface area contributed by atoms with Crippen molar-refractivity contribution in [2.24, 2.45) is 0 Å². The summed E-state index contributed by atoms with van der Waals surface area (Å²) in [6, 6.07) is 4.53. The number of methoxy groups -OCH3 is 1. The highest BCUT2D eigenvalue weighted by molar-refractivity contribution is 5.75. The Morgan fingerprint density at radius 2 is 2.11 bits per heavy atom. The Balaban J connectivity index is 2.75. The summed E-state index contributed by atoms with van der Waals surface area (Å²) in [6.45, 7) is -0.836. The molecular formula is C12H15F2NO3. The van der Waals surface area contributed by atoms with Crippen LogP contribution in [0.3, 0.4) is 0 Å². The SMILES string of the molecule is CCC(=O)NCc1ccc(OC(F)F)c(OC)c1. The molecule has 1 aromatic rings. The lowest BCUT2D eigenvalue weighted by atomic mass is 10.2. The van der Waals surface area contributed by atoms with Gasteiger partial charge in [-0.3, -0.25) is 4.79 Å². The summed E-state index contributed by atoms with van der Waals surface area (Å²) in [5.74, 6) is 0.0958. The Hall–Kier alpha value is -1.85. The summed E-state index contributed by atoms with van der Waals surface area (Å²) in [4.78, 5) is 11.1. The molecule has 0 unspecified atom stereocenters. The van der Waals surface area contributed by atoms with Crippen molar-refractivity contribution >= 4 is 5.91 Å². The first-order valence-electron chi connectivity index (χ1n) is 5.45. The summed E-state index contributed by atoms with van der Waals surface area (Å²) < 4.78 is 33.4. The summed E-state index contributed by atoms with van der Waals surface area (Å²) in [5.41, 5.74) is 0.746. The van der Waals surface area contributed by atoms with Gasteiger partial charge in [0.25, 0.3) is 0 Å². The minimum Gasteiger partial charge on any atom is -0.493 e. The lowest BCUT2D eigenvalue weighted by molar-refractivity contribution is -0.120. The number of nitrogens with one attached hydrogen (secondary N) is 1. The van der Waals surface area contributed by atoms with Gasteiger partial charge in [0.15, 0.2) is 11.5 Å². The minimum atomic E-state index is -2.90. The fourth-order valence-electron chi connectivity index (χ4n) is 1.34. The van der Waals surface area contributed by atoms with E-state index in [4.69, 9.17) is 4.74 Å². The minimum absolute atomic E-state index is 0.0296. The second kappa shape index (κ2) is 6.78. The van der Waals surface area contributed by atoms with Crippen LogP contribution in [-0.2, 0) is 11.3 Å². The number of rotatable bonds is 6. The van der Waals surface area contributed by atoms with Crippen LogP contribution < -0.4 is 14.8 Å². The predicted octanol–water partition coefficient (Wildman–Crippen LogP) is 2.32. The fourth-order valence-corrected chi connectivity index (χ4v) is 1.34. The summed E-state index contributed by atoms with van der Waals surface area (Å²) >= 11 is 0. The maximum Gasteiger partial charge on any atom is 0.387 e. The van der Waals surface area contributed by atoms with E-state index < -0.39 is 6.61 Å². The summed E-state index contributed by atoms with van der Waals surface area (Å²) in [5, 5.41) is 2.68. The third-order valence-corrected chi connectivity index (χ3v) is 2.25. The zero-order valence-electron chi connectivity index (χ0n) is 10.2. The molecule has 0 aliphatic rings. The molecule has 0 heterocycles. The van der Waals surface area contributed by atoms with Gasteiger partial charge in [-0.15, -0.1) is 0 Å². The Bertz CT molecular complexity index is 410. The van der Waals surface area contributed by atoms with Crippen LogP contribution in [0.1, 0.15) is 18.9 Å². The maximum absolute atomic E-state index is 12.1. The van der Waals surface area contributed by atoms with E-state index in [0.717, 1.165) is 5.56 Å². The average molecular weight is 259 g/mol. The van der Waals surface area contributed by atoms with Crippen LogP contribution in [-0.4, -0.2) is 19.6 Å². The molecule has 0 aliphatic carbocycles.